The van der Waals surface area contributed by atoms with Crippen LogP contribution in [0.4, 0.5) is 5.69 Å². The zero-order chi connectivity index (χ0) is 14.7. The number of ether oxygens (including phenoxy) is 2. The number of hydrogen-bond acceptors (Lipinski definition) is 4. The summed E-state index contributed by atoms with van der Waals surface area (Å²) in [6, 6.07) is 7.87. The van der Waals surface area contributed by atoms with E-state index in [1.807, 2.05) is 32.0 Å². The summed E-state index contributed by atoms with van der Waals surface area (Å²) < 4.78 is 16.2. The standard InChI is InChI=1S/C16H21NO3/c1-10-8-14(12(3)20-10)11(2)17-15-9-13(18-4)6-7-16(15)19-5/h6-9,11,17H,1-5H3. The van der Waals surface area contributed by atoms with Gasteiger partial charge < -0.3 is 19.2 Å². The van der Waals surface area contributed by atoms with Crippen LogP contribution in [0.2, 0.25) is 0 Å². The molecule has 1 aromatic carbocycles. The van der Waals surface area contributed by atoms with Crippen LogP contribution in [0.25, 0.3) is 0 Å². The SMILES string of the molecule is COc1ccc(OC)c(NC(C)c2cc(C)oc2C)c1. The Balaban J connectivity index is 2.26. The first-order chi connectivity index (χ1) is 9.55. The van der Waals surface area contributed by atoms with Crippen LogP contribution < -0.4 is 14.8 Å². The van der Waals surface area contributed by atoms with Gasteiger partial charge in [-0.05, 0) is 39.0 Å². The maximum absolute atomic E-state index is 5.58. The van der Waals surface area contributed by atoms with Gasteiger partial charge in [0.15, 0.2) is 0 Å². The van der Waals surface area contributed by atoms with Gasteiger partial charge in [0.1, 0.15) is 23.0 Å². The highest BCUT2D eigenvalue weighted by Gasteiger charge is 2.14. The minimum absolute atomic E-state index is 0.119. The molecule has 0 radical (unpaired) electrons. The van der Waals surface area contributed by atoms with E-state index in [4.69, 9.17) is 13.9 Å². The zero-order valence-electron chi connectivity index (χ0n) is 12.6. The van der Waals surface area contributed by atoms with Crippen molar-refractivity contribution in [1.29, 1.82) is 0 Å². The summed E-state index contributed by atoms with van der Waals surface area (Å²) in [7, 11) is 3.31. The van der Waals surface area contributed by atoms with Crippen LogP contribution in [0.15, 0.2) is 28.7 Å². The molecule has 0 aliphatic rings. The second kappa shape index (κ2) is 5.90. The van der Waals surface area contributed by atoms with Gasteiger partial charge in [0.05, 0.1) is 25.9 Å². The average Bonchev–Trinajstić information content (AvgIpc) is 2.77. The van der Waals surface area contributed by atoms with E-state index in [9.17, 15) is 0 Å². The van der Waals surface area contributed by atoms with Gasteiger partial charge in [0, 0.05) is 11.6 Å². The maximum Gasteiger partial charge on any atom is 0.142 e. The third-order valence-electron chi connectivity index (χ3n) is 3.32. The number of nitrogens with one attached hydrogen (secondary N) is 1. The van der Waals surface area contributed by atoms with Gasteiger partial charge in [-0.15, -0.1) is 0 Å². The first-order valence-corrected chi connectivity index (χ1v) is 6.60. The molecule has 0 amide bonds. The predicted molar refractivity (Wildman–Crippen MR) is 79.8 cm³/mol. The summed E-state index contributed by atoms with van der Waals surface area (Å²) in [6.45, 7) is 6.02. The van der Waals surface area contributed by atoms with Crippen molar-refractivity contribution < 1.29 is 13.9 Å². The molecule has 4 heteroatoms. The summed E-state index contributed by atoms with van der Waals surface area (Å²) in [5, 5.41) is 3.44. The van der Waals surface area contributed by atoms with Crippen LogP contribution in [0.1, 0.15) is 30.0 Å². The molecule has 0 bridgehead atoms. The van der Waals surface area contributed by atoms with Crippen molar-refractivity contribution in [2.45, 2.75) is 26.8 Å². The van der Waals surface area contributed by atoms with Crippen LogP contribution in [0.3, 0.4) is 0 Å². The van der Waals surface area contributed by atoms with Crippen molar-refractivity contribution in [3.05, 3.63) is 41.3 Å². The molecule has 1 atom stereocenters. The van der Waals surface area contributed by atoms with Crippen LogP contribution in [0.5, 0.6) is 11.5 Å². The molecule has 0 aliphatic carbocycles. The normalized spacial score (nSPS) is 12.1. The molecule has 108 valence electrons. The first-order valence-electron chi connectivity index (χ1n) is 6.60. The predicted octanol–water partition coefficient (Wildman–Crippen LogP) is 4.09. The highest BCUT2D eigenvalue weighted by atomic mass is 16.5. The summed E-state index contributed by atoms with van der Waals surface area (Å²) in [5.41, 5.74) is 2.05. The van der Waals surface area contributed by atoms with Crippen molar-refractivity contribution in [3.63, 3.8) is 0 Å². The molecule has 1 unspecified atom stereocenters. The number of methoxy groups -OCH3 is 2. The molecular weight excluding hydrogens is 254 g/mol. The second-order valence-corrected chi connectivity index (χ2v) is 4.80. The van der Waals surface area contributed by atoms with Crippen LogP contribution in [-0.2, 0) is 0 Å². The van der Waals surface area contributed by atoms with Gasteiger partial charge in [-0.25, -0.2) is 0 Å². The molecule has 0 saturated heterocycles. The molecule has 20 heavy (non-hydrogen) atoms. The molecule has 0 aliphatic heterocycles. The second-order valence-electron chi connectivity index (χ2n) is 4.80. The summed E-state index contributed by atoms with van der Waals surface area (Å²) in [4.78, 5) is 0. The van der Waals surface area contributed by atoms with Crippen LogP contribution >= 0.6 is 0 Å². The fourth-order valence-corrected chi connectivity index (χ4v) is 2.32. The lowest BCUT2D eigenvalue weighted by Crippen LogP contribution is -2.08. The van der Waals surface area contributed by atoms with Crippen molar-refractivity contribution in [3.8, 4) is 11.5 Å². The Labute approximate surface area is 119 Å². The van der Waals surface area contributed by atoms with Crippen molar-refractivity contribution in [1.82, 2.24) is 0 Å². The third-order valence-corrected chi connectivity index (χ3v) is 3.32. The monoisotopic (exact) mass is 275 g/mol. The van der Waals surface area contributed by atoms with Crippen molar-refractivity contribution >= 4 is 5.69 Å². The number of anilines is 1. The zero-order valence-corrected chi connectivity index (χ0v) is 12.6. The smallest absolute Gasteiger partial charge is 0.142 e. The number of benzene rings is 1. The summed E-state index contributed by atoms with van der Waals surface area (Å²) >= 11 is 0. The Morgan fingerprint density at radius 2 is 1.85 bits per heavy atom. The Morgan fingerprint density at radius 1 is 1.10 bits per heavy atom. The number of rotatable bonds is 5. The van der Waals surface area contributed by atoms with Crippen LogP contribution in [0, 0.1) is 13.8 Å². The topological polar surface area (TPSA) is 43.6 Å². The van der Waals surface area contributed by atoms with Crippen molar-refractivity contribution in [2.75, 3.05) is 19.5 Å². The van der Waals surface area contributed by atoms with Gasteiger partial charge >= 0.3 is 0 Å². The molecule has 0 fully saturated rings. The maximum atomic E-state index is 5.58. The molecule has 1 heterocycles. The lowest BCUT2D eigenvalue weighted by molar-refractivity contribution is 0.404. The van der Waals surface area contributed by atoms with E-state index in [0.717, 1.165) is 34.3 Å². The average molecular weight is 275 g/mol. The Bertz CT molecular complexity index is 589. The van der Waals surface area contributed by atoms with Crippen molar-refractivity contribution in [2.24, 2.45) is 0 Å². The molecule has 0 spiro atoms. The lowest BCUT2D eigenvalue weighted by Gasteiger charge is -2.18. The summed E-state index contributed by atoms with van der Waals surface area (Å²) in [5.74, 6) is 3.43. The molecule has 1 aromatic heterocycles. The molecule has 0 saturated carbocycles. The van der Waals surface area contributed by atoms with Gasteiger partial charge in [0.2, 0.25) is 0 Å². The fraction of sp³-hybridized carbons (Fsp3) is 0.375. The molecule has 4 nitrogen and oxygen atoms in total. The molecule has 1 N–H and O–H groups in total. The number of furan rings is 1. The van der Waals surface area contributed by atoms with E-state index in [-0.39, 0.29) is 6.04 Å². The lowest BCUT2D eigenvalue weighted by atomic mass is 10.1. The largest absolute Gasteiger partial charge is 0.497 e. The van der Waals surface area contributed by atoms with E-state index in [1.165, 1.54) is 0 Å². The highest BCUT2D eigenvalue weighted by Crippen LogP contribution is 2.33. The Kier molecular flexibility index (Phi) is 4.23. The minimum atomic E-state index is 0.119. The van der Waals surface area contributed by atoms with E-state index in [0.29, 0.717) is 0 Å². The van der Waals surface area contributed by atoms with Crippen LogP contribution in [-0.4, -0.2) is 14.2 Å². The Morgan fingerprint density at radius 3 is 2.40 bits per heavy atom. The minimum Gasteiger partial charge on any atom is -0.497 e. The summed E-state index contributed by atoms with van der Waals surface area (Å²) in [6.07, 6.45) is 0. The van der Waals surface area contributed by atoms with E-state index < -0.39 is 0 Å². The first kappa shape index (κ1) is 14.3. The third kappa shape index (κ3) is 2.90. The molecule has 2 aromatic rings. The van der Waals surface area contributed by atoms with E-state index >= 15 is 0 Å². The van der Waals surface area contributed by atoms with Gasteiger partial charge in [0.25, 0.3) is 0 Å². The van der Waals surface area contributed by atoms with E-state index in [1.54, 1.807) is 14.2 Å². The highest BCUT2D eigenvalue weighted by molar-refractivity contribution is 5.60. The van der Waals surface area contributed by atoms with Gasteiger partial charge in [-0.3, -0.25) is 0 Å². The van der Waals surface area contributed by atoms with Gasteiger partial charge in [-0.2, -0.15) is 0 Å². The number of aryl methyl sites for hydroxylation is 2. The molecular formula is C16H21NO3. The van der Waals surface area contributed by atoms with E-state index in [2.05, 4.69) is 18.3 Å². The number of hydrogen-bond donors (Lipinski definition) is 1. The fourth-order valence-electron chi connectivity index (χ4n) is 2.32. The Hall–Kier alpha value is -2.10. The van der Waals surface area contributed by atoms with Gasteiger partial charge in [-0.1, -0.05) is 0 Å². The quantitative estimate of drug-likeness (QED) is 0.892. The molecule has 2 rings (SSSR count).